The quantitative estimate of drug-likeness (QED) is 0.404. The van der Waals surface area contributed by atoms with E-state index in [0.29, 0.717) is 33.1 Å². The lowest BCUT2D eigenvalue weighted by Crippen LogP contribution is -2.10. The molecule has 2 aromatic heterocycles. The normalized spacial score (nSPS) is 11.6. The minimum Gasteiger partial charge on any atom is -0.488 e. The average molecular weight is 471 g/mol. The molecule has 9 heteroatoms. The van der Waals surface area contributed by atoms with Gasteiger partial charge in [-0.15, -0.1) is 0 Å². The van der Waals surface area contributed by atoms with Crippen LogP contribution in [0.4, 0.5) is 0 Å². The van der Waals surface area contributed by atoms with Gasteiger partial charge in [-0.25, -0.2) is 0 Å². The predicted octanol–water partition coefficient (Wildman–Crippen LogP) is 4.30. The number of nitrogens with one attached hydrogen (secondary N) is 1. The number of pyridine rings is 2. The first kappa shape index (κ1) is 22.0. The van der Waals surface area contributed by atoms with Gasteiger partial charge in [-0.1, -0.05) is 35.9 Å². The van der Waals surface area contributed by atoms with Gasteiger partial charge in [-0.3, -0.25) is 14.0 Å². The fraction of sp³-hybridized carbons (Fsp3) is 0.130. The monoisotopic (exact) mass is 470 g/mol. The predicted molar refractivity (Wildman–Crippen MR) is 123 cm³/mol. The van der Waals surface area contributed by atoms with E-state index in [0.717, 1.165) is 17.2 Å². The molecule has 0 saturated carbocycles. The van der Waals surface area contributed by atoms with Gasteiger partial charge in [0.05, 0.1) is 23.0 Å². The molecule has 0 amide bonds. The van der Waals surface area contributed by atoms with Crippen LogP contribution in [0.25, 0.3) is 22.0 Å². The molecule has 7 nitrogen and oxygen atoms in total. The standard InChI is InChI=1S/C23H19ClN2O5S/c1-32(28,29)31-14-19-8-4-16-12-17(5-9-20(16)26-19)22-21(10-11-25-23(22)27)30-13-15-2-6-18(24)7-3-15/h2-12H,13-14H2,1H3,(H,25,27). The Balaban J connectivity index is 1.63. The number of aromatic nitrogens is 2. The molecule has 4 rings (SSSR count). The number of H-pyrrole nitrogens is 1. The van der Waals surface area contributed by atoms with Crippen molar-refractivity contribution in [2.24, 2.45) is 0 Å². The Hall–Kier alpha value is -3.20. The maximum atomic E-state index is 12.6. The SMILES string of the molecule is CS(=O)(=O)OCc1ccc2cc(-c3c(OCc4ccc(Cl)cc4)cc[nH]c3=O)ccc2n1. The van der Waals surface area contributed by atoms with Crippen LogP contribution in [0, 0.1) is 0 Å². The molecule has 0 aliphatic heterocycles. The molecule has 164 valence electrons. The Morgan fingerprint density at radius 3 is 2.53 bits per heavy atom. The van der Waals surface area contributed by atoms with Crippen LogP contribution in [0.1, 0.15) is 11.3 Å². The summed E-state index contributed by atoms with van der Waals surface area (Å²) in [5.41, 5.74) is 2.87. The molecule has 1 N–H and O–H groups in total. The van der Waals surface area contributed by atoms with Crippen LogP contribution in [-0.2, 0) is 27.5 Å². The van der Waals surface area contributed by atoms with Crippen molar-refractivity contribution in [3.05, 3.63) is 93.5 Å². The lowest BCUT2D eigenvalue weighted by Gasteiger charge is -2.12. The second-order valence-electron chi connectivity index (χ2n) is 7.14. The van der Waals surface area contributed by atoms with Crippen molar-refractivity contribution < 1.29 is 17.3 Å². The minimum atomic E-state index is -3.55. The van der Waals surface area contributed by atoms with Crippen molar-refractivity contribution in [3.8, 4) is 16.9 Å². The molecule has 0 bridgehead atoms. The molecule has 0 radical (unpaired) electrons. The minimum absolute atomic E-state index is 0.141. The number of nitrogens with zero attached hydrogens (tertiary/aromatic N) is 1. The van der Waals surface area contributed by atoms with E-state index in [1.165, 1.54) is 0 Å². The van der Waals surface area contributed by atoms with Crippen molar-refractivity contribution in [2.75, 3.05) is 6.26 Å². The molecule has 0 spiro atoms. The Morgan fingerprint density at radius 2 is 1.78 bits per heavy atom. The van der Waals surface area contributed by atoms with Gasteiger partial charge in [-0.05, 0) is 47.5 Å². The summed E-state index contributed by atoms with van der Waals surface area (Å²) in [6.07, 6.45) is 2.53. The fourth-order valence-corrected chi connectivity index (χ4v) is 3.63. The summed E-state index contributed by atoms with van der Waals surface area (Å²) in [5, 5.41) is 1.43. The van der Waals surface area contributed by atoms with E-state index < -0.39 is 10.1 Å². The van der Waals surface area contributed by atoms with Crippen LogP contribution in [0.3, 0.4) is 0 Å². The summed E-state index contributed by atoms with van der Waals surface area (Å²) >= 11 is 5.92. The first-order valence-electron chi connectivity index (χ1n) is 9.62. The molecule has 0 unspecified atom stereocenters. The highest BCUT2D eigenvalue weighted by atomic mass is 35.5. The highest BCUT2D eigenvalue weighted by Crippen LogP contribution is 2.29. The summed E-state index contributed by atoms with van der Waals surface area (Å²) < 4.78 is 33.1. The van der Waals surface area contributed by atoms with Crippen LogP contribution >= 0.6 is 11.6 Å². The average Bonchev–Trinajstić information content (AvgIpc) is 2.76. The highest BCUT2D eigenvalue weighted by molar-refractivity contribution is 7.85. The zero-order chi connectivity index (χ0) is 22.7. The van der Waals surface area contributed by atoms with Gasteiger partial charge in [0.25, 0.3) is 15.7 Å². The van der Waals surface area contributed by atoms with Crippen molar-refractivity contribution in [1.82, 2.24) is 9.97 Å². The van der Waals surface area contributed by atoms with Crippen molar-refractivity contribution in [2.45, 2.75) is 13.2 Å². The molecular formula is C23H19ClN2O5S. The molecule has 32 heavy (non-hydrogen) atoms. The second-order valence-corrected chi connectivity index (χ2v) is 9.22. The fourth-order valence-electron chi connectivity index (χ4n) is 3.17. The number of benzene rings is 2. The molecular weight excluding hydrogens is 452 g/mol. The third kappa shape index (κ3) is 5.34. The van der Waals surface area contributed by atoms with Gasteiger partial charge >= 0.3 is 0 Å². The van der Waals surface area contributed by atoms with E-state index in [1.807, 2.05) is 18.2 Å². The van der Waals surface area contributed by atoms with Crippen LogP contribution < -0.4 is 10.3 Å². The van der Waals surface area contributed by atoms with Gasteiger partial charge in [0, 0.05) is 16.6 Å². The third-order valence-electron chi connectivity index (χ3n) is 4.69. The van der Waals surface area contributed by atoms with Crippen LogP contribution in [-0.4, -0.2) is 24.6 Å². The van der Waals surface area contributed by atoms with Gasteiger partial charge in [0.1, 0.15) is 19.0 Å². The Kier molecular flexibility index (Phi) is 6.27. The summed E-state index contributed by atoms with van der Waals surface area (Å²) in [4.78, 5) is 19.7. The number of hydrogen-bond donors (Lipinski definition) is 1. The van der Waals surface area contributed by atoms with Crippen molar-refractivity contribution >= 4 is 32.6 Å². The summed E-state index contributed by atoms with van der Waals surface area (Å²) in [6, 6.07) is 17.9. The van der Waals surface area contributed by atoms with Crippen LogP contribution in [0.15, 0.2) is 71.7 Å². The maximum Gasteiger partial charge on any atom is 0.264 e. The van der Waals surface area contributed by atoms with Gasteiger partial charge < -0.3 is 9.72 Å². The molecule has 4 aromatic rings. The number of aromatic amines is 1. The second kappa shape index (κ2) is 9.12. The molecule has 0 atom stereocenters. The van der Waals surface area contributed by atoms with E-state index in [2.05, 4.69) is 9.97 Å². The van der Waals surface area contributed by atoms with Crippen molar-refractivity contribution in [3.63, 3.8) is 0 Å². The van der Waals surface area contributed by atoms with E-state index in [1.54, 1.807) is 48.7 Å². The number of rotatable bonds is 7. The van der Waals surface area contributed by atoms with Gasteiger partial charge in [-0.2, -0.15) is 8.42 Å². The van der Waals surface area contributed by atoms with Gasteiger partial charge in [0.2, 0.25) is 0 Å². The highest BCUT2D eigenvalue weighted by Gasteiger charge is 2.13. The molecule has 0 aliphatic carbocycles. The number of hydrogen-bond acceptors (Lipinski definition) is 6. The zero-order valence-corrected chi connectivity index (χ0v) is 18.6. The van der Waals surface area contributed by atoms with Crippen LogP contribution in [0.2, 0.25) is 5.02 Å². The Morgan fingerprint density at radius 1 is 1.00 bits per heavy atom. The first-order valence-corrected chi connectivity index (χ1v) is 11.8. The van der Waals surface area contributed by atoms with Gasteiger partial charge in [0.15, 0.2) is 0 Å². The molecule has 0 aliphatic rings. The molecule has 2 heterocycles. The number of fused-ring (bicyclic) bond motifs is 1. The smallest absolute Gasteiger partial charge is 0.264 e. The zero-order valence-electron chi connectivity index (χ0n) is 17.0. The molecule has 0 saturated heterocycles. The Labute approximate surface area is 189 Å². The summed E-state index contributed by atoms with van der Waals surface area (Å²) in [5.74, 6) is 0.453. The lowest BCUT2D eigenvalue weighted by atomic mass is 10.0. The summed E-state index contributed by atoms with van der Waals surface area (Å²) in [6.45, 7) is 0.143. The largest absolute Gasteiger partial charge is 0.488 e. The maximum absolute atomic E-state index is 12.6. The van der Waals surface area contributed by atoms with Crippen molar-refractivity contribution in [1.29, 1.82) is 0 Å². The Bertz CT molecular complexity index is 1430. The van der Waals surface area contributed by atoms with E-state index in [4.69, 9.17) is 20.5 Å². The summed E-state index contributed by atoms with van der Waals surface area (Å²) in [7, 11) is -3.55. The lowest BCUT2D eigenvalue weighted by molar-refractivity contribution is 0.307. The third-order valence-corrected chi connectivity index (χ3v) is 5.48. The van der Waals surface area contributed by atoms with E-state index >= 15 is 0 Å². The number of halogens is 1. The van der Waals surface area contributed by atoms with Crippen LogP contribution in [0.5, 0.6) is 5.75 Å². The topological polar surface area (TPSA) is 98.4 Å². The first-order chi connectivity index (χ1) is 15.3. The molecule has 2 aromatic carbocycles. The number of ether oxygens (including phenoxy) is 1. The van der Waals surface area contributed by atoms with E-state index in [-0.39, 0.29) is 18.8 Å². The molecule has 0 fully saturated rings. The van der Waals surface area contributed by atoms with E-state index in [9.17, 15) is 13.2 Å².